The van der Waals surface area contributed by atoms with Crippen LogP contribution in [-0.4, -0.2) is 54.7 Å². The molecule has 1 fully saturated rings. The molecular weight excluding hydrogens is 458 g/mol. The number of hydrogen-bond acceptors (Lipinski definition) is 4. The van der Waals surface area contributed by atoms with E-state index in [2.05, 4.69) is 20.9 Å². The van der Waals surface area contributed by atoms with Crippen LogP contribution in [0, 0.1) is 0 Å². The highest BCUT2D eigenvalue weighted by molar-refractivity contribution is 9.10. The summed E-state index contributed by atoms with van der Waals surface area (Å²) in [5.41, 5.74) is 0.579. The molecule has 4 rings (SSSR count). The van der Waals surface area contributed by atoms with Gasteiger partial charge in [0.2, 0.25) is 15.6 Å². The number of aromatic amines is 1. The molecular formula is C20H18BrN3O4S. The highest BCUT2D eigenvalue weighted by Gasteiger charge is 2.31. The van der Waals surface area contributed by atoms with Crippen molar-refractivity contribution in [1.82, 2.24) is 14.2 Å². The molecule has 9 heteroatoms. The minimum absolute atomic E-state index is 0.196. The van der Waals surface area contributed by atoms with Gasteiger partial charge in [-0.3, -0.25) is 9.59 Å². The summed E-state index contributed by atoms with van der Waals surface area (Å²) in [6.07, 6.45) is 0. The highest BCUT2D eigenvalue weighted by Crippen LogP contribution is 2.22. The Hall–Kier alpha value is -2.49. The first-order valence-corrected chi connectivity index (χ1v) is 11.3. The molecule has 0 bridgehead atoms. The van der Waals surface area contributed by atoms with Gasteiger partial charge in [-0.2, -0.15) is 4.31 Å². The summed E-state index contributed by atoms with van der Waals surface area (Å²) in [5, 5.41) is 0.668. The summed E-state index contributed by atoms with van der Waals surface area (Å²) in [7, 11) is -3.63. The van der Waals surface area contributed by atoms with Crippen molar-refractivity contribution < 1.29 is 13.2 Å². The lowest BCUT2D eigenvalue weighted by molar-refractivity contribution is 0.0699. The lowest BCUT2D eigenvalue weighted by atomic mass is 10.1. The molecule has 0 unspecified atom stereocenters. The number of nitrogens with one attached hydrogen (secondary N) is 1. The predicted octanol–water partition coefficient (Wildman–Crippen LogP) is 2.44. The number of para-hydroxylation sites is 1. The highest BCUT2D eigenvalue weighted by atomic mass is 79.9. The smallest absolute Gasteiger partial charge is 0.254 e. The maximum Gasteiger partial charge on any atom is 0.254 e. The molecule has 1 amide bonds. The monoisotopic (exact) mass is 475 g/mol. The second kappa shape index (κ2) is 7.74. The molecule has 2 heterocycles. The minimum Gasteiger partial charge on any atom is -0.336 e. The second-order valence-electron chi connectivity index (χ2n) is 6.75. The third kappa shape index (κ3) is 3.85. The van der Waals surface area contributed by atoms with E-state index < -0.39 is 10.0 Å². The van der Waals surface area contributed by atoms with Gasteiger partial charge in [0.05, 0.1) is 10.5 Å². The number of piperazine rings is 1. The van der Waals surface area contributed by atoms with E-state index in [-0.39, 0.29) is 42.5 Å². The van der Waals surface area contributed by atoms with Crippen molar-refractivity contribution in [2.75, 3.05) is 26.2 Å². The van der Waals surface area contributed by atoms with Gasteiger partial charge in [0, 0.05) is 47.6 Å². The predicted molar refractivity (Wildman–Crippen MR) is 113 cm³/mol. The van der Waals surface area contributed by atoms with Crippen molar-refractivity contribution in [3.63, 3.8) is 0 Å². The molecule has 0 radical (unpaired) electrons. The molecule has 0 spiro atoms. The van der Waals surface area contributed by atoms with Crippen molar-refractivity contribution in [3.8, 4) is 0 Å². The van der Waals surface area contributed by atoms with Crippen molar-refractivity contribution in [2.24, 2.45) is 0 Å². The van der Waals surface area contributed by atoms with Gasteiger partial charge in [-0.15, -0.1) is 0 Å². The van der Waals surface area contributed by atoms with E-state index in [9.17, 15) is 18.0 Å². The Labute approximate surface area is 176 Å². The summed E-state index contributed by atoms with van der Waals surface area (Å²) >= 11 is 3.29. The number of sulfonamides is 1. The number of benzene rings is 2. The number of hydrogen-bond donors (Lipinski definition) is 1. The topological polar surface area (TPSA) is 90.6 Å². The molecule has 1 aliphatic heterocycles. The molecule has 29 heavy (non-hydrogen) atoms. The van der Waals surface area contributed by atoms with Gasteiger partial charge < -0.3 is 9.88 Å². The quantitative estimate of drug-likeness (QED) is 0.629. The molecule has 1 aliphatic rings. The Bertz CT molecular complexity index is 1250. The molecule has 0 saturated carbocycles. The minimum atomic E-state index is -3.63. The number of fused-ring (bicyclic) bond motifs is 1. The van der Waals surface area contributed by atoms with Crippen LogP contribution >= 0.6 is 15.9 Å². The number of carbonyl (C=O) groups is 1. The molecule has 2 aromatic carbocycles. The average Bonchev–Trinajstić information content (AvgIpc) is 2.72. The maximum absolute atomic E-state index is 13.0. The van der Waals surface area contributed by atoms with Gasteiger partial charge in [-0.25, -0.2) is 8.42 Å². The van der Waals surface area contributed by atoms with Crippen molar-refractivity contribution in [1.29, 1.82) is 0 Å². The molecule has 3 aromatic rings. The summed E-state index contributed by atoms with van der Waals surface area (Å²) in [4.78, 5) is 29.5. The zero-order valence-electron chi connectivity index (χ0n) is 15.3. The molecule has 1 saturated heterocycles. The van der Waals surface area contributed by atoms with Crippen LogP contribution in [0.5, 0.6) is 0 Å². The Morgan fingerprint density at radius 1 is 0.966 bits per heavy atom. The second-order valence-corrected chi connectivity index (χ2v) is 9.60. The number of halogens is 1. The number of aromatic nitrogens is 1. The van der Waals surface area contributed by atoms with Gasteiger partial charge >= 0.3 is 0 Å². The molecule has 0 aliphatic carbocycles. The first kappa shape index (κ1) is 19.8. The van der Waals surface area contributed by atoms with Crippen LogP contribution in [0.25, 0.3) is 10.9 Å². The van der Waals surface area contributed by atoms with E-state index in [4.69, 9.17) is 0 Å². The summed E-state index contributed by atoms with van der Waals surface area (Å²) < 4.78 is 27.8. The lowest BCUT2D eigenvalue weighted by Gasteiger charge is -2.34. The number of H-pyrrole nitrogens is 1. The SMILES string of the molecule is O=C(c1cc(=O)[nH]c2ccccc12)N1CCN(S(=O)(=O)c2cccc(Br)c2)CC1. The third-order valence-corrected chi connectivity index (χ3v) is 7.33. The van der Waals surface area contributed by atoms with E-state index in [0.717, 1.165) is 0 Å². The van der Waals surface area contributed by atoms with Crippen LogP contribution in [0.15, 0.2) is 68.8 Å². The zero-order valence-corrected chi connectivity index (χ0v) is 17.7. The lowest BCUT2D eigenvalue weighted by Crippen LogP contribution is -2.50. The average molecular weight is 476 g/mol. The number of nitrogens with zero attached hydrogens (tertiary/aromatic N) is 2. The fraction of sp³-hybridized carbons (Fsp3) is 0.200. The van der Waals surface area contributed by atoms with Crippen LogP contribution in [0.1, 0.15) is 10.4 Å². The van der Waals surface area contributed by atoms with Gasteiger partial charge in [-0.05, 0) is 24.3 Å². The van der Waals surface area contributed by atoms with Crippen LogP contribution in [0.2, 0.25) is 0 Å². The molecule has 1 aromatic heterocycles. The van der Waals surface area contributed by atoms with E-state index in [0.29, 0.717) is 20.9 Å². The van der Waals surface area contributed by atoms with E-state index in [1.807, 2.05) is 0 Å². The number of carbonyl (C=O) groups excluding carboxylic acids is 1. The van der Waals surface area contributed by atoms with Crippen LogP contribution < -0.4 is 5.56 Å². The van der Waals surface area contributed by atoms with Crippen molar-refractivity contribution >= 4 is 42.8 Å². The summed E-state index contributed by atoms with van der Waals surface area (Å²) in [6.45, 7) is 0.907. The van der Waals surface area contributed by atoms with Crippen molar-refractivity contribution in [2.45, 2.75) is 4.90 Å². The van der Waals surface area contributed by atoms with Gasteiger partial charge in [-0.1, -0.05) is 40.2 Å². The largest absolute Gasteiger partial charge is 0.336 e. The molecule has 0 atom stereocenters. The summed E-state index contributed by atoms with van der Waals surface area (Å²) in [5.74, 6) is -0.271. The first-order chi connectivity index (χ1) is 13.9. The maximum atomic E-state index is 13.0. The molecule has 150 valence electrons. The van der Waals surface area contributed by atoms with E-state index in [1.165, 1.54) is 10.4 Å². The third-order valence-electron chi connectivity index (χ3n) is 4.94. The van der Waals surface area contributed by atoms with Crippen LogP contribution in [0.3, 0.4) is 0 Å². The molecule has 1 N–H and O–H groups in total. The number of rotatable bonds is 3. The van der Waals surface area contributed by atoms with Gasteiger partial charge in [0.1, 0.15) is 0 Å². The number of pyridine rings is 1. The Kier molecular flexibility index (Phi) is 5.28. The summed E-state index contributed by atoms with van der Waals surface area (Å²) in [6, 6.07) is 15.0. The fourth-order valence-corrected chi connectivity index (χ4v) is 5.48. The Balaban J connectivity index is 1.55. The molecule has 7 nitrogen and oxygen atoms in total. The normalized spacial score (nSPS) is 15.6. The van der Waals surface area contributed by atoms with E-state index in [1.54, 1.807) is 53.4 Å². The number of amides is 1. The van der Waals surface area contributed by atoms with E-state index >= 15 is 0 Å². The standard InChI is InChI=1S/C20H18BrN3O4S/c21-14-4-3-5-15(12-14)29(27,28)24-10-8-23(9-11-24)20(26)17-13-19(25)22-18-7-2-1-6-16(17)18/h1-7,12-13H,8-11H2,(H,22,25). The van der Waals surface area contributed by atoms with Gasteiger partial charge in [0.25, 0.3) is 5.91 Å². The van der Waals surface area contributed by atoms with Gasteiger partial charge in [0.15, 0.2) is 0 Å². The Morgan fingerprint density at radius 3 is 2.41 bits per heavy atom. The van der Waals surface area contributed by atoms with Crippen molar-refractivity contribution in [3.05, 3.63) is 75.0 Å². The van der Waals surface area contributed by atoms with Crippen LogP contribution in [0.4, 0.5) is 0 Å². The Morgan fingerprint density at radius 2 is 1.69 bits per heavy atom. The first-order valence-electron chi connectivity index (χ1n) is 9.03. The van der Waals surface area contributed by atoms with Crippen LogP contribution in [-0.2, 0) is 10.0 Å². The fourth-order valence-electron chi connectivity index (χ4n) is 3.46. The zero-order chi connectivity index (χ0) is 20.6.